The zero-order chi connectivity index (χ0) is 15.0. The third-order valence-corrected chi connectivity index (χ3v) is 5.24. The zero-order valence-electron chi connectivity index (χ0n) is 11.8. The second kappa shape index (κ2) is 5.96. The van der Waals surface area contributed by atoms with Crippen LogP contribution in [-0.4, -0.2) is 28.1 Å². The number of imidazole rings is 1. The summed E-state index contributed by atoms with van der Waals surface area (Å²) in [5.74, 6) is 1.49. The Kier molecular flexibility index (Phi) is 4.37. The van der Waals surface area contributed by atoms with Crippen LogP contribution >= 0.6 is 34.8 Å². The molecule has 0 atom stereocenters. The molecule has 1 aromatic carbocycles. The van der Waals surface area contributed by atoms with Crippen molar-refractivity contribution in [2.45, 2.75) is 37.8 Å². The molecule has 1 heterocycles. The van der Waals surface area contributed by atoms with Crippen LogP contribution in [0.25, 0.3) is 11.0 Å². The number of alkyl halides is 1. The number of aromatic nitrogens is 2. The minimum absolute atomic E-state index is 0.0825. The van der Waals surface area contributed by atoms with Crippen LogP contribution in [0.5, 0.6) is 0 Å². The average Bonchev–Trinajstić information content (AvgIpc) is 2.72. The lowest BCUT2D eigenvalue weighted by molar-refractivity contribution is -0.0832. The van der Waals surface area contributed by atoms with Crippen molar-refractivity contribution in [1.82, 2.24) is 9.55 Å². The van der Waals surface area contributed by atoms with Crippen LogP contribution in [0.4, 0.5) is 0 Å². The first kappa shape index (κ1) is 15.4. The Bertz CT molecular complexity index is 659. The summed E-state index contributed by atoms with van der Waals surface area (Å²) in [6, 6.07) is 3.69. The molecule has 0 saturated heterocycles. The van der Waals surface area contributed by atoms with Crippen molar-refractivity contribution < 1.29 is 4.74 Å². The molecule has 3 nitrogen and oxygen atoms in total. The normalized spacial score (nSPS) is 17.1. The Hall–Kier alpha value is -0.480. The van der Waals surface area contributed by atoms with E-state index in [1.165, 1.54) is 6.42 Å². The van der Waals surface area contributed by atoms with Crippen molar-refractivity contribution in [3.63, 3.8) is 0 Å². The van der Waals surface area contributed by atoms with Crippen LogP contribution in [-0.2, 0) is 17.7 Å². The molecule has 0 radical (unpaired) electrons. The number of aryl methyl sites for hydroxylation is 1. The van der Waals surface area contributed by atoms with Crippen LogP contribution in [0.15, 0.2) is 12.1 Å². The SMILES string of the molecule is COC1(Cn2c(CCCl)nc3cc(Cl)c(Cl)cc32)CCC1. The number of ether oxygens (including phenoxy) is 1. The quantitative estimate of drug-likeness (QED) is 0.733. The molecule has 114 valence electrons. The highest BCUT2D eigenvalue weighted by atomic mass is 35.5. The van der Waals surface area contributed by atoms with Gasteiger partial charge in [-0.1, -0.05) is 23.2 Å². The number of fused-ring (bicyclic) bond motifs is 1. The molecule has 0 unspecified atom stereocenters. The maximum absolute atomic E-state index is 6.17. The first-order valence-corrected chi connectivity index (χ1v) is 8.33. The number of halogens is 3. The van der Waals surface area contributed by atoms with Gasteiger partial charge in [0.25, 0.3) is 0 Å². The number of hydrogen-bond acceptors (Lipinski definition) is 2. The van der Waals surface area contributed by atoms with E-state index in [1.54, 1.807) is 7.11 Å². The highest BCUT2D eigenvalue weighted by Crippen LogP contribution is 2.38. The minimum Gasteiger partial charge on any atom is -0.376 e. The van der Waals surface area contributed by atoms with Crippen molar-refractivity contribution in [3.05, 3.63) is 28.0 Å². The molecule has 0 N–H and O–H groups in total. The van der Waals surface area contributed by atoms with Gasteiger partial charge in [-0.3, -0.25) is 0 Å². The van der Waals surface area contributed by atoms with Gasteiger partial charge < -0.3 is 9.30 Å². The number of hydrogen-bond donors (Lipinski definition) is 0. The first-order chi connectivity index (χ1) is 10.1. The number of benzene rings is 1. The van der Waals surface area contributed by atoms with Crippen molar-refractivity contribution in [2.75, 3.05) is 13.0 Å². The van der Waals surface area contributed by atoms with Crippen molar-refractivity contribution in [2.24, 2.45) is 0 Å². The molecule has 1 saturated carbocycles. The number of nitrogens with zero attached hydrogens (tertiary/aromatic N) is 2. The maximum atomic E-state index is 6.17. The second-order valence-corrected chi connectivity index (χ2v) is 6.74. The molecule has 1 fully saturated rings. The molecular formula is C15H17Cl3N2O. The molecule has 1 aliphatic carbocycles. The topological polar surface area (TPSA) is 27.1 Å². The largest absolute Gasteiger partial charge is 0.376 e. The average molecular weight is 348 g/mol. The molecule has 0 aliphatic heterocycles. The number of rotatable bonds is 5. The van der Waals surface area contributed by atoms with E-state index < -0.39 is 0 Å². The molecule has 1 aliphatic rings. The molecule has 21 heavy (non-hydrogen) atoms. The van der Waals surface area contributed by atoms with E-state index in [0.717, 1.165) is 36.2 Å². The van der Waals surface area contributed by atoms with E-state index in [0.29, 0.717) is 22.3 Å². The third-order valence-electron chi connectivity index (χ3n) is 4.33. The van der Waals surface area contributed by atoms with Crippen LogP contribution in [0.2, 0.25) is 10.0 Å². The smallest absolute Gasteiger partial charge is 0.111 e. The van der Waals surface area contributed by atoms with Crippen molar-refractivity contribution >= 4 is 45.8 Å². The first-order valence-electron chi connectivity index (χ1n) is 7.04. The Morgan fingerprint density at radius 1 is 1.29 bits per heavy atom. The lowest BCUT2D eigenvalue weighted by Crippen LogP contribution is -2.43. The van der Waals surface area contributed by atoms with E-state index in [4.69, 9.17) is 39.5 Å². The van der Waals surface area contributed by atoms with E-state index in [9.17, 15) is 0 Å². The van der Waals surface area contributed by atoms with Gasteiger partial charge in [0, 0.05) is 19.4 Å². The summed E-state index contributed by atoms with van der Waals surface area (Å²) in [5.41, 5.74) is 1.77. The molecule has 2 aromatic rings. The molecular weight excluding hydrogens is 331 g/mol. The fourth-order valence-corrected chi connectivity index (χ4v) is 3.39. The molecule has 0 bridgehead atoms. The lowest BCUT2D eigenvalue weighted by Gasteiger charge is -2.41. The Morgan fingerprint density at radius 3 is 2.57 bits per heavy atom. The Balaban J connectivity index is 2.09. The van der Waals surface area contributed by atoms with E-state index in [2.05, 4.69) is 9.55 Å². The minimum atomic E-state index is -0.0825. The molecule has 0 amide bonds. The summed E-state index contributed by atoms with van der Waals surface area (Å²) in [7, 11) is 1.78. The Labute approximate surface area is 139 Å². The second-order valence-electron chi connectivity index (χ2n) is 5.55. The van der Waals surface area contributed by atoms with Gasteiger partial charge in [0.15, 0.2) is 0 Å². The van der Waals surface area contributed by atoms with Crippen LogP contribution in [0.1, 0.15) is 25.1 Å². The summed E-state index contributed by atoms with van der Waals surface area (Å²) in [4.78, 5) is 4.66. The van der Waals surface area contributed by atoms with Gasteiger partial charge in [0.05, 0.1) is 33.2 Å². The fourth-order valence-electron chi connectivity index (χ4n) is 2.91. The molecule has 0 spiro atoms. The van der Waals surface area contributed by atoms with Gasteiger partial charge in [-0.25, -0.2) is 4.98 Å². The summed E-state index contributed by atoms with van der Waals surface area (Å²) < 4.78 is 7.93. The Morgan fingerprint density at radius 2 is 2.00 bits per heavy atom. The standard InChI is InChI=1S/C15H17Cl3N2O/c1-21-15(4-2-5-15)9-20-13-8-11(18)10(17)7-12(13)19-14(20)3-6-16/h7-8H,2-6,9H2,1H3. The highest BCUT2D eigenvalue weighted by molar-refractivity contribution is 6.42. The summed E-state index contributed by atoms with van der Waals surface area (Å²) >= 11 is 18.2. The van der Waals surface area contributed by atoms with E-state index in [1.807, 2.05) is 12.1 Å². The lowest BCUT2D eigenvalue weighted by atomic mass is 9.80. The van der Waals surface area contributed by atoms with Crippen LogP contribution < -0.4 is 0 Å². The van der Waals surface area contributed by atoms with Gasteiger partial charge >= 0.3 is 0 Å². The maximum Gasteiger partial charge on any atom is 0.111 e. The molecule has 6 heteroatoms. The third kappa shape index (κ3) is 2.77. The van der Waals surface area contributed by atoms with Gasteiger partial charge in [0.1, 0.15) is 5.82 Å². The number of methoxy groups -OCH3 is 1. The van der Waals surface area contributed by atoms with Gasteiger partial charge in [-0.15, -0.1) is 11.6 Å². The van der Waals surface area contributed by atoms with Gasteiger partial charge in [-0.2, -0.15) is 0 Å². The monoisotopic (exact) mass is 346 g/mol. The zero-order valence-corrected chi connectivity index (χ0v) is 14.1. The van der Waals surface area contributed by atoms with Crippen molar-refractivity contribution in [3.8, 4) is 0 Å². The summed E-state index contributed by atoms with van der Waals surface area (Å²) in [6.07, 6.45) is 4.07. The highest BCUT2D eigenvalue weighted by Gasteiger charge is 2.38. The van der Waals surface area contributed by atoms with Gasteiger partial charge in [-0.05, 0) is 31.4 Å². The summed E-state index contributed by atoms with van der Waals surface area (Å²) in [5, 5.41) is 1.07. The fraction of sp³-hybridized carbons (Fsp3) is 0.533. The predicted molar refractivity (Wildman–Crippen MR) is 87.8 cm³/mol. The molecule has 3 rings (SSSR count). The molecule has 1 aromatic heterocycles. The van der Waals surface area contributed by atoms with Crippen LogP contribution in [0.3, 0.4) is 0 Å². The van der Waals surface area contributed by atoms with E-state index >= 15 is 0 Å². The van der Waals surface area contributed by atoms with Crippen molar-refractivity contribution in [1.29, 1.82) is 0 Å². The summed E-state index contributed by atoms with van der Waals surface area (Å²) in [6.45, 7) is 0.782. The van der Waals surface area contributed by atoms with E-state index in [-0.39, 0.29) is 5.60 Å². The predicted octanol–water partition coefficient (Wildman–Crippen LogP) is 4.69. The van der Waals surface area contributed by atoms with Gasteiger partial charge in [0.2, 0.25) is 0 Å². The van der Waals surface area contributed by atoms with Crippen LogP contribution in [0, 0.1) is 0 Å².